The molecule has 4 rings (SSSR count). The molecular weight excluding hydrogens is 477 g/mol. The number of halogens is 1. The maximum atomic E-state index is 13.5. The van der Waals surface area contributed by atoms with Gasteiger partial charge in [0.15, 0.2) is 15.5 Å². The highest BCUT2D eigenvalue weighted by Crippen LogP contribution is 2.25. The van der Waals surface area contributed by atoms with Gasteiger partial charge >= 0.3 is 0 Å². The van der Waals surface area contributed by atoms with Crippen LogP contribution < -0.4 is 10.6 Å². The molecule has 0 spiro atoms. The molecule has 0 radical (unpaired) electrons. The number of fused-ring (bicyclic) bond motifs is 1. The van der Waals surface area contributed by atoms with Crippen LogP contribution in [0.2, 0.25) is 0 Å². The Labute approximate surface area is 200 Å². The molecule has 0 saturated carbocycles. The largest absolute Gasteiger partial charge is 0.350 e. The van der Waals surface area contributed by atoms with Gasteiger partial charge in [-0.05, 0) is 54.1 Å². The first-order valence-electron chi connectivity index (χ1n) is 10.4. The van der Waals surface area contributed by atoms with E-state index in [9.17, 15) is 17.6 Å². The third kappa shape index (κ3) is 5.54. The first kappa shape index (κ1) is 23.7. The fourth-order valence-corrected chi connectivity index (χ4v) is 4.78. The van der Waals surface area contributed by atoms with Gasteiger partial charge in [0.05, 0.1) is 27.4 Å². The van der Waals surface area contributed by atoms with E-state index in [1.807, 2.05) is 12.3 Å². The zero-order chi connectivity index (χ0) is 24.3. The highest BCUT2D eigenvalue weighted by molar-refractivity contribution is 7.90. The summed E-state index contributed by atoms with van der Waals surface area (Å²) in [6.07, 6.45) is 4.38. The number of rotatable bonds is 8. The molecule has 1 atom stereocenters. The van der Waals surface area contributed by atoms with Crippen LogP contribution in [0.25, 0.3) is 10.2 Å². The first-order valence-corrected chi connectivity index (χ1v) is 13.2. The Bertz CT molecular complexity index is 1440. The van der Waals surface area contributed by atoms with E-state index < -0.39 is 15.7 Å². The van der Waals surface area contributed by atoms with Gasteiger partial charge in [0.25, 0.3) is 5.91 Å². The van der Waals surface area contributed by atoms with Crippen LogP contribution >= 0.6 is 11.3 Å². The summed E-state index contributed by atoms with van der Waals surface area (Å²) in [6, 6.07) is 9.43. The zero-order valence-electron chi connectivity index (χ0n) is 18.4. The molecule has 176 valence electrons. The Balaban J connectivity index is 1.46. The Hall–Kier alpha value is -3.44. The number of nitrogens with zero attached hydrogens (tertiary/aromatic N) is 3. The zero-order valence-corrected chi connectivity index (χ0v) is 20.1. The molecule has 8 nitrogen and oxygen atoms in total. The standard InChI is InChI=1S/C23H22FN5O3S2/c1-14(16-11-17(24)13-25-12-16)27-23-28-19-8-10-33-21(19)20(29-23)22(30)26-9-7-15-3-5-18(6-4-15)34(2,31)32/h3-6,8,10-14H,7,9H2,1-2H3,(H,26,30)(H,27,28,29)/t14-/m0/s1. The highest BCUT2D eigenvalue weighted by atomic mass is 32.2. The van der Waals surface area contributed by atoms with Crippen molar-refractivity contribution in [1.82, 2.24) is 20.3 Å². The number of sulfone groups is 1. The summed E-state index contributed by atoms with van der Waals surface area (Å²) in [5.74, 6) is -0.527. The van der Waals surface area contributed by atoms with Crippen molar-refractivity contribution in [3.05, 3.63) is 76.8 Å². The number of hydrogen-bond acceptors (Lipinski definition) is 8. The number of anilines is 1. The number of pyridine rings is 1. The Morgan fingerprint density at radius 2 is 1.91 bits per heavy atom. The summed E-state index contributed by atoms with van der Waals surface area (Å²) >= 11 is 1.37. The van der Waals surface area contributed by atoms with Gasteiger partial charge < -0.3 is 10.6 Å². The van der Waals surface area contributed by atoms with Gasteiger partial charge in [-0.1, -0.05) is 12.1 Å². The van der Waals surface area contributed by atoms with E-state index in [0.717, 1.165) is 18.0 Å². The van der Waals surface area contributed by atoms with Gasteiger partial charge in [-0.3, -0.25) is 9.78 Å². The topological polar surface area (TPSA) is 114 Å². The highest BCUT2D eigenvalue weighted by Gasteiger charge is 2.18. The quantitative estimate of drug-likeness (QED) is 0.379. The van der Waals surface area contributed by atoms with Crippen molar-refractivity contribution < 1.29 is 17.6 Å². The molecule has 0 unspecified atom stereocenters. The molecule has 0 bridgehead atoms. The molecule has 0 saturated heterocycles. The van der Waals surface area contributed by atoms with Gasteiger partial charge in [-0.2, -0.15) is 0 Å². The summed E-state index contributed by atoms with van der Waals surface area (Å²) in [7, 11) is -3.25. The number of hydrogen-bond donors (Lipinski definition) is 2. The minimum Gasteiger partial charge on any atom is -0.350 e. The summed E-state index contributed by atoms with van der Waals surface area (Å²) in [6.45, 7) is 2.18. The average molecular weight is 500 g/mol. The van der Waals surface area contributed by atoms with Crippen molar-refractivity contribution in [3.63, 3.8) is 0 Å². The maximum Gasteiger partial charge on any atom is 0.271 e. The molecule has 1 aromatic carbocycles. The van der Waals surface area contributed by atoms with Crippen molar-refractivity contribution >= 4 is 43.2 Å². The normalized spacial score (nSPS) is 12.4. The van der Waals surface area contributed by atoms with Crippen LogP contribution in [0.3, 0.4) is 0 Å². The minimum absolute atomic E-state index is 0.250. The van der Waals surface area contributed by atoms with Crippen LogP contribution in [-0.2, 0) is 16.3 Å². The van der Waals surface area contributed by atoms with E-state index >= 15 is 0 Å². The number of carbonyl (C=O) groups is 1. The predicted molar refractivity (Wildman–Crippen MR) is 129 cm³/mol. The fourth-order valence-electron chi connectivity index (χ4n) is 3.33. The van der Waals surface area contributed by atoms with E-state index in [0.29, 0.717) is 28.7 Å². The SMILES string of the molecule is C[C@H](Nc1nc(C(=O)NCCc2ccc(S(C)(=O)=O)cc2)c2sccc2n1)c1cncc(F)c1. The lowest BCUT2D eigenvalue weighted by molar-refractivity contribution is 0.0951. The lowest BCUT2D eigenvalue weighted by Crippen LogP contribution is -2.27. The van der Waals surface area contributed by atoms with Crippen LogP contribution in [0.1, 0.15) is 34.6 Å². The van der Waals surface area contributed by atoms with Crippen LogP contribution in [-0.4, -0.2) is 42.1 Å². The molecule has 0 aliphatic carbocycles. The molecule has 4 aromatic rings. The average Bonchev–Trinajstić information content (AvgIpc) is 3.27. The van der Waals surface area contributed by atoms with Crippen molar-refractivity contribution in [3.8, 4) is 0 Å². The lowest BCUT2D eigenvalue weighted by atomic mass is 10.1. The number of thiophene rings is 1. The monoisotopic (exact) mass is 499 g/mol. The van der Waals surface area contributed by atoms with E-state index in [1.165, 1.54) is 17.4 Å². The molecular formula is C23H22FN5O3S2. The Morgan fingerprint density at radius 1 is 1.15 bits per heavy atom. The first-order chi connectivity index (χ1) is 16.2. The van der Waals surface area contributed by atoms with Gasteiger partial charge in [-0.15, -0.1) is 11.3 Å². The number of nitrogens with one attached hydrogen (secondary N) is 2. The maximum absolute atomic E-state index is 13.5. The van der Waals surface area contributed by atoms with Crippen LogP contribution in [0, 0.1) is 5.82 Å². The predicted octanol–water partition coefficient (Wildman–Crippen LogP) is 3.77. The lowest BCUT2D eigenvalue weighted by Gasteiger charge is -2.15. The van der Waals surface area contributed by atoms with Crippen molar-refractivity contribution in [1.29, 1.82) is 0 Å². The third-order valence-electron chi connectivity index (χ3n) is 5.14. The van der Waals surface area contributed by atoms with Gasteiger partial charge in [0, 0.05) is 19.0 Å². The Kier molecular flexibility index (Phi) is 6.85. The minimum atomic E-state index is -3.25. The van der Waals surface area contributed by atoms with Gasteiger partial charge in [-0.25, -0.2) is 22.8 Å². The van der Waals surface area contributed by atoms with Crippen LogP contribution in [0.4, 0.5) is 10.3 Å². The van der Waals surface area contributed by atoms with E-state index in [4.69, 9.17) is 0 Å². The molecule has 3 heterocycles. The van der Waals surface area contributed by atoms with E-state index in [1.54, 1.807) is 36.5 Å². The summed E-state index contributed by atoms with van der Waals surface area (Å²) in [4.78, 5) is 25.9. The van der Waals surface area contributed by atoms with Crippen molar-refractivity contribution in [2.45, 2.75) is 24.3 Å². The second kappa shape index (κ2) is 9.82. The molecule has 34 heavy (non-hydrogen) atoms. The second-order valence-electron chi connectivity index (χ2n) is 7.76. The van der Waals surface area contributed by atoms with Crippen molar-refractivity contribution in [2.24, 2.45) is 0 Å². The molecule has 0 aliphatic heterocycles. The molecule has 0 aliphatic rings. The summed E-state index contributed by atoms with van der Waals surface area (Å²) < 4.78 is 37.4. The number of amides is 1. The van der Waals surface area contributed by atoms with Crippen LogP contribution in [0.5, 0.6) is 0 Å². The second-order valence-corrected chi connectivity index (χ2v) is 10.7. The summed E-state index contributed by atoms with van der Waals surface area (Å²) in [5, 5.41) is 7.81. The molecule has 2 N–H and O–H groups in total. The number of aromatic nitrogens is 3. The van der Waals surface area contributed by atoms with Crippen molar-refractivity contribution in [2.75, 3.05) is 18.1 Å². The fraction of sp³-hybridized carbons (Fsp3) is 0.217. The summed E-state index contributed by atoms with van der Waals surface area (Å²) in [5.41, 5.74) is 2.41. The van der Waals surface area contributed by atoms with Gasteiger partial charge in [0.2, 0.25) is 5.95 Å². The third-order valence-corrected chi connectivity index (χ3v) is 7.18. The Morgan fingerprint density at radius 3 is 2.62 bits per heavy atom. The number of carbonyl (C=O) groups excluding carboxylic acids is 1. The van der Waals surface area contributed by atoms with Gasteiger partial charge in [0.1, 0.15) is 5.82 Å². The molecule has 0 fully saturated rings. The van der Waals surface area contributed by atoms with Crippen LogP contribution in [0.15, 0.2) is 59.1 Å². The molecule has 1 amide bonds. The number of benzene rings is 1. The van der Waals surface area contributed by atoms with E-state index in [-0.39, 0.29) is 28.5 Å². The van der Waals surface area contributed by atoms with E-state index in [2.05, 4.69) is 25.6 Å². The molecule has 3 aromatic heterocycles. The smallest absolute Gasteiger partial charge is 0.271 e. The molecule has 11 heteroatoms.